The summed E-state index contributed by atoms with van der Waals surface area (Å²) in [5, 5.41) is 8.44. The minimum atomic E-state index is -0.784. The molecule has 0 bridgehead atoms. The van der Waals surface area contributed by atoms with E-state index in [2.05, 4.69) is 0 Å². The van der Waals surface area contributed by atoms with Gasteiger partial charge in [-0.3, -0.25) is 4.79 Å². The summed E-state index contributed by atoms with van der Waals surface area (Å²) in [6.07, 6.45) is 1.38. The fraction of sp³-hybridized carbons (Fsp3) is 0.500. The summed E-state index contributed by atoms with van der Waals surface area (Å²) in [5.74, 6) is 0.773. The van der Waals surface area contributed by atoms with Crippen LogP contribution in [0.15, 0.2) is 16.5 Å². The highest BCUT2D eigenvalue weighted by molar-refractivity contribution is 5.66. The van der Waals surface area contributed by atoms with Crippen molar-refractivity contribution in [3.63, 3.8) is 0 Å². The van der Waals surface area contributed by atoms with Gasteiger partial charge in [-0.15, -0.1) is 0 Å². The molecule has 3 N–H and O–H groups in total. The Morgan fingerprint density at radius 3 is 2.86 bits per heavy atom. The molecule has 4 heteroatoms. The molecule has 78 valence electrons. The maximum atomic E-state index is 10.3. The third kappa shape index (κ3) is 3.22. The van der Waals surface area contributed by atoms with E-state index in [0.29, 0.717) is 12.8 Å². The Bertz CT molecular complexity index is 306. The second kappa shape index (κ2) is 4.81. The van der Waals surface area contributed by atoms with Crippen LogP contribution in [0.3, 0.4) is 0 Å². The molecule has 1 atom stereocenters. The van der Waals surface area contributed by atoms with Crippen molar-refractivity contribution >= 4 is 5.97 Å². The van der Waals surface area contributed by atoms with Crippen molar-refractivity contribution in [1.29, 1.82) is 0 Å². The van der Waals surface area contributed by atoms with Crippen LogP contribution in [0.2, 0.25) is 0 Å². The van der Waals surface area contributed by atoms with Crippen LogP contribution in [0, 0.1) is 6.92 Å². The molecule has 1 aromatic rings. The summed E-state index contributed by atoms with van der Waals surface area (Å²) in [5.41, 5.74) is 5.81. The van der Waals surface area contributed by atoms with Crippen molar-refractivity contribution in [2.75, 3.05) is 0 Å². The first-order valence-corrected chi connectivity index (χ1v) is 4.63. The number of carbonyl (C=O) groups is 1. The van der Waals surface area contributed by atoms with Gasteiger partial charge in [0, 0.05) is 6.42 Å². The smallest absolute Gasteiger partial charge is 0.303 e. The van der Waals surface area contributed by atoms with Gasteiger partial charge in [-0.2, -0.15) is 0 Å². The Labute approximate surface area is 82.7 Å². The topological polar surface area (TPSA) is 76.5 Å². The third-order valence-corrected chi connectivity index (χ3v) is 2.03. The molecule has 0 fully saturated rings. The average molecular weight is 197 g/mol. The number of furan rings is 1. The summed E-state index contributed by atoms with van der Waals surface area (Å²) >= 11 is 0. The van der Waals surface area contributed by atoms with E-state index in [1.807, 2.05) is 19.1 Å². The molecule has 0 aromatic carbocycles. The molecule has 4 nitrogen and oxygen atoms in total. The number of nitrogens with two attached hydrogens (primary N) is 1. The van der Waals surface area contributed by atoms with Gasteiger partial charge in [-0.05, 0) is 31.9 Å². The Hall–Kier alpha value is -1.29. The molecule has 1 heterocycles. The van der Waals surface area contributed by atoms with E-state index in [-0.39, 0.29) is 12.5 Å². The van der Waals surface area contributed by atoms with Crippen molar-refractivity contribution < 1.29 is 14.3 Å². The fourth-order valence-electron chi connectivity index (χ4n) is 1.27. The third-order valence-electron chi connectivity index (χ3n) is 2.03. The van der Waals surface area contributed by atoms with Crippen LogP contribution in [0.5, 0.6) is 0 Å². The zero-order chi connectivity index (χ0) is 10.6. The van der Waals surface area contributed by atoms with Gasteiger partial charge in [0.25, 0.3) is 0 Å². The van der Waals surface area contributed by atoms with Crippen molar-refractivity contribution in [2.24, 2.45) is 5.73 Å². The van der Waals surface area contributed by atoms with Crippen LogP contribution in [-0.2, 0) is 4.79 Å². The molecule has 0 saturated heterocycles. The van der Waals surface area contributed by atoms with Gasteiger partial charge >= 0.3 is 5.97 Å². The van der Waals surface area contributed by atoms with Crippen molar-refractivity contribution in [3.05, 3.63) is 23.7 Å². The Morgan fingerprint density at radius 2 is 2.36 bits per heavy atom. The lowest BCUT2D eigenvalue weighted by atomic mass is 10.1. The normalized spacial score (nSPS) is 12.7. The van der Waals surface area contributed by atoms with E-state index >= 15 is 0 Å². The highest BCUT2D eigenvalue weighted by Gasteiger charge is 2.10. The van der Waals surface area contributed by atoms with Gasteiger partial charge in [0.15, 0.2) is 0 Å². The summed E-state index contributed by atoms with van der Waals surface area (Å²) < 4.78 is 5.33. The average Bonchev–Trinajstić information content (AvgIpc) is 2.51. The molecule has 0 aliphatic carbocycles. The minimum absolute atomic E-state index is 0.160. The van der Waals surface area contributed by atoms with E-state index in [9.17, 15) is 4.79 Å². The molecule has 14 heavy (non-hydrogen) atoms. The molecular formula is C10H15NO3. The molecule has 1 aromatic heterocycles. The molecule has 0 aliphatic heterocycles. The van der Waals surface area contributed by atoms with Gasteiger partial charge in [0.1, 0.15) is 11.5 Å². The lowest BCUT2D eigenvalue weighted by molar-refractivity contribution is -0.137. The van der Waals surface area contributed by atoms with Crippen molar-refractivity contribution in [1.82, 2.24) is 0 Å². The molecule has 1 unspecified atom stereocenters. The van der Waals surface area contributed by atoms with E-state index in [1.54, 1.807) is 0 Å². The van der Waals surface area contributed by atoms with Crippen LogP contribution in [0.25, 0.3) is 0 Å². The minimum Gasteiger partial charge on any atom is -0.481 e. The van der Waals surface area contributed by atoms with Gasteiger partial charge in [-0.25, -0.2) is 0 Å². The molecule has 0 amide bonds. The summed E-state index contributed by atoms with van der Waals surface area (Å²) in [4.78, 5) is 10.3. The molecule has 0 saturated carbocycles. The second-order valence-corrected chi connectivity index (χ2v) is 3.34. The standard InChI is InChI=1S/C10H15NO3/c1-7-5-6-9(14-7)8(11)3-2-4-10(12)13/h5-6,8H,2-4,11H2,1H3,(H,12,13). The highest BCUT2D eigenvalue weighted by atomic mass is 16.4. The number of rotatable bonds is 5. The zero-order valence-electron chi connectivity index (χ0n) is 8.19. The zero-order valence-corrected chi connectivity index (χ0v) is 8.19. The number of hydrogen-bond acceptors (Lipinski definition) is 3. The summed E-state index contributed by atoms with van der Waals surface area (Å²) in [6.45, 7) is 1.85. The fourth-order valence-corrected chi connectivity index (χ4v) is 1.27. The van der Waals surface area contributed by atoms with Crippen LogP contribution in [0.1, 0.15) is 36.8 Å². The highest BCUT2D eigenvalue weighted by Crippen LogP contribution is 2.18. The summed E-state index contributed by atoms with van der Waals surface area (Å²) in [7, 11) is 0. The predicted octanol–water partition coefficient (Wildman–Crippen LogP) is 1.84. The van der Waals surface area contributed by atoms with Gasteiger partial charge in [-0.1, -0.05) is 0 Å². The van der Waals surface area contributed by atoms with E-state index in [1.165, 1.54) is 0 Å². The molecule has 0 aliphatic rings. The van der Waals surface area contributed by atoms with Crippen LogP contribution in [-0.4, -0.2) is 11.1 Å². The summed E-state index contributed by atoms with van der Waals surface area (Å²) in [6, 6.07) is 3.50. The Kier molecular flexibility index (Phi) is 3.71. The number of hydrogen-bond donors (Lipinski definition) is 2. The number of aliphatic carboxylic acids is 1. The van der Waals surface area contributed by atoms with E-state index in [0.717, 1.165) is 11.5 Å². The maximum absolute atomic E-state index is 10.3. The predicted molar refractivity (Wildman–Crippen MR) is 51.9 cm³/mol. The number of carboxylic acids is 1. The molecule has 0 spiro atoms. The van der Waals surface area contributed by atoms with Gasteiger partial charge in [0.2, 0.25) is 0 Å². The second-order valence-electron chi connectivity index (χ2n) is 3.34. The first kappa shape index (κ1) is 10.8. The van der Waals surface area contributed by atoms with Crippen molar-refractivity contribution in [3.8, 4) is 0 Å². The van der Waals surface area contributed by atoms with Crippen LogP contribution >= 0.6 is 0 Å². The SMILES string of the molecule is Cc1ccc(C(N)CCCC(=O)O)o1. The lowest BCUT2D eigenvalue weighted by Gasteiger charge is -2.06. The van der Waals surface area contributed by atoms with E-state index < -0.39 is 5.97 Å². The molecule has 0 radical (unpaired) electrons. The lowest BCUT2D eigenvalue weighted by Crippen LogP contribution is -2.09. The Morgan fingerprint density at radius 1 is 1.64 bits per heavy atom. The van der Waals surface area contributed by atoms with Crippen LogP contribution in [0.4, 0.5) is 0 Å². The van der Waals surface area contributed by atoms with Gasteiger partial charge < -0.3 is 15.3 Å². The molecular weight excluding hydrogens is 182 g/mol. The first-order chi connectivity index (χ1) is 6.59. The molecule has 1 rings (SSSR count). The maximum Gasteiger partial charge on any atom is 0.303 e. The quantitative estimate of drug-likeness (QED) is 0.755. The monoisotopic (exact) mass is 197 g/mol. The largest absolute Gasteiger partial charge is 0.481 e. The Balaban J connectivity index is 2.35. The first-order valence-electron chi connectivity index (χ1n) is 4.63. The number of carboxylic acid groups (broad SMARTS) is 1. The van der Waals surface area contributed by atoms with Gasteiger partial charge in [0.05, 0.1) is 6.04 Å². The van der Waals surface area contributed by atoms with E-state index in [4.69, 9.17) is 15.3 Å². The van der Waals surface area contributed by atoms with Crippen molar-refractivity contribution in [2.45, 2.75) is 32.2 Å². The van der Waals surface area contributed by atoms with Crippen LogP contribution < -0.4 is 5.73 Å². The number of aryl methyl sites for hydroxylation is 1.